The van der Waals surface area contributed by atoms with Gasteiger partial charge in [0.2, 0.25) is 0 Å². The smallest absolute Gasteiger partial charge is 0.147 e. The predicted octanol–water partition coefficient (Wildman–Crippen LogP) is 3.84. The van der Waals surface area contributed by atoms with Crippen LogP contribution in [0.15, 0.2) is 34.3 Å². The number of quaternary nitrogens is 1. The van der Waals surface area contributed by atoms with Gasteiger partial charge in [-0.05, 0) is 32.0 Å². The normalized spacial score (nSPS) is 17.1. The van der Waals surface area contributed by atoms with Crippen LogP contribution >= 0.6 is 35.0 Å². The van der Waals surface area contributed by atoms with Crippen molar-refractivity contribution in [3.8, 4) is 0 Å². The molecular weight excluding hydrogens is 363 g/mol. The number of halogens is 2. The molecule has 1 aliphatic heterocycles. The lowest BCUT2D eigenvalue weighted by molar-refractivity contribution is -0.475. The molecule has 0 saturated carbocycles. The van der Waals surface area contributed by atoms with Crippen molar-refractivity contribution >= 4 is 40.8 Å². The number of aryl methyl sites for hydroxylation is 1. The molecule has 0 unspecified atom stereocenters. The van der Waals surface area contributed by atoms with Crippen molar-refractivity contribution in [1.82, 2.24) is 9.97 Å². The van der Waals surface area contributed by atoms with Gasteiger partial charge < -0.3 is 10.6 Å². The molecular formula is C17H21Cl2N4S+. The second-order valence-electron chi connectivity index (χ2n) is 6.59. The zero-order valence-electron chi connectivity index (χ0n) is 13.9. The summed E-state index contributed by atoms with van der Waals surface area (Å²) >= 11 is 13.6. The maximum absolute atomic E-state index is 6.08. The fraction of sp³-hybridized carbons (Fsp3) is 0.412. The molecule has 2 heterocycles. The Bertz CT molecular complexity index is 741. The van der Waals surface area contributed by atoms with Crippen molar-refractivity contribution in [1.29, 1.82) is 0 Å². The fourth-order valence-corrected chi connectivity index (χ4v) is 3.84. The summed E-state index contributed by atoms with van der Waals surface area (Å²) < 4.78 is 0. The molecule has 1 saturated heterocycles. The Kier molecular flexibility index (Phi) is 5.25. The quantitative estimate of drug-likeness (QED) is 0.874. The van der Waals surface area contributed by atoms with Gasteiger partial charge in [-0.2, -0.15) is 0 Å². The van der Waals surface area contributed by atoms with E-state index in [2.05, 4.69) is 22.5 Å². The second kappa shape index (κ2) is 7.08. The molecule has 3 rings (SSSR count). The van der Waals surface area contributed by atoms with Gasteiger partial charge in [0.05, 0.1) is 27.5 Å². The SMILES string of the molecule is Cc1nc(N2CCC(C)([NH3+])CC2)cnc1Sc1ccc(Cl)c(Cl)c1. The largest absolute Gasteiger partial charge is 0.355 e. The minimum absolute atomic E-state index is 0.183. The van der Waals surface area contributed by atoms with Gasteiger partial charge in [0, 0.05) is 30.8 Å². The molecule has 24 heavy (non-hydrogen) atoms. The Morgan fingerprint density at radius 2 is 1.92 bits per heavy atom. The highest BCUT2D eigenvalue weighted by atomic mass is 35.5. The summed E-state index contributed by atoms with van der Waals surface area (Å²) in [4.78, 5) is 12.6. The number of hydrogen-bond acceptors (Lipinski definition) is 4. The van der Waals surface area contributed by atoms with Gasteiger partial charge >= 0.3 is 0 Å². The minimum Gasteiger partial charge on any atom is -0.355 e. The van der Waals surface area contributed by atoms with E-state index in [1.165, 1.54) is 0 Å². The van der Waals surface area contributed by atoms with E-state index >= 15 is 0 Å². The van der Waals surface area contributed by atoms with Crippen LogP contribution in [0.25, 0.3) is 0 Å². The lowest BCUT2D eigenvalue weighted by Crippen LogP contribution is -2.73. The maximum atomic E-state index is 6.08. The highest BCUT2D eigenvalue weighted by molar-refractivity contribution is 7.99. The average Bonchev–Trinajstić information content (AvgIpc) is 2.53. The Balaban J connectivity index is 1.74. The lowest BCUT2D eigenvalue weighted by atomic mass is 9.91. The van der Waals surface area contributed by atoms with E-state index in [1.807, 2.05) is 25.3 Å². The van der Waals surface area contributed by atoms with E-state index in [9.17, 15) is 0 Å². The van der Waals surface area contributed by atoms with Crippen molar-refractivity contribution in [2.24, 2.45) is 0 Å². The van der Waals surface area contributed by atoms with Gasteiger partial charge in [-0.15, -0.1) is 0 Å². The standard InChI is InChI=1S/C17H20Cl2N4S/c1-11-16(24-12-3-4-13(18)14(19)9-12)21-10-15(22-11)23-7-5-17(2,20)6-8-23/h3-4,9-10H,5-8,20H2,1-2H3/p+1. The molecule has 1 fully saturated rings. The Morgan fingerprint density at radius 3 is 2.54 bits per heavy atom. The Labute approximate surface area is 156 Å². The zero-order valence-corrected chi connectivity index (χ0v) is 16.2. The summed E-state index contributed by atoms with van der Waals surface area (Å²) in [7, 11) is 0. The molecule has 0 bridgehead atoms. The van der Waals surface area contributed by atoms with E-state index < -0.39 is 0 Å². The summed E-state index contributed by atoms with van der Waals surface area (Å²) in [5.74, 6) is 0.946. The molecule has 7 heteroatoms. The van der Waals surface area contributed by atoms with Crippen LogP contribution in [0.2, 0.25) is 10.0 Å². The average molecular weight is 384 g/mol. The van der Waals surface area contributed by atoms with Gasteiger partial charge in [-0.25, -0.2) is 9.97 Å². The van der Waals surface area contributed by atoms with Crippen LogP contribution in [0.3, 0.4) is 0 Å². The first-order valence-corrected chi connectivity index (χ1v) is 9.48. The number of hydrogen-bond donors (Lipinski definition) is 1. The van der Waals surface area contributed by atoms with Gasteiger partial charge in [0.15, 0.2) is 0 Å². The van der Waals surface area contributed by atoms with Crippen molar-refractivity contribution < 1.29 is 5.73 Å². The van der Waals surface area contributed by atoms with Crippen LogP contribution in [0.4, 0.5) is 5.82 Å². The molecule has 0 aliphatic carbocycles. The van der Waals surface area contributed by atoms with Crippen molar-refractivity contribution in [3.05, 3.63) is 40.1 Å². The molecule has 0 spiro atoms. The number of rotatable bonds is 3. The minimum atomic E-state index is 0.183. The highest BCUT2D eigenvalue weighted by Gasteiger charge is 2.30. The third kappa shape index (κ3) is 4.14. The molecule has 3 N–H and O–H groups in total. The third-order valence-electron chi connectivity index (χ3n) is 4.29. The van der Waals surface area contributed by atoms with Crippen LogP contribution in [-0.4, -0.2) is 28.6 Å². The van der Waals surface area contributed by atoms with Crippen LogP contribution in [-0.2, 0) is 0 Å². The lowest BCUT2D eigenvalue weighted by Gasteiger charge is -2.35. The summed E-state index contributed by atoms with van der Waals surface area (Å²) in [5.41, 5.74) is 5.37. The molecule has 4 nitrogen and oxygen atoms in total. The molecule has 128 valence electrons. The molecule has 0 radical (unpaired) electrons. The topological polar surface area (TPSA) is 56.7 Å². The molecule has 1 aliphatic rings. The molecule has 2 aromatic rings. The zero-order chi connectivity index (χ0) is 17.3. The summed E-state index contributed by atoms with van der Waals surface area (Å²) in [6.45, 7) is 6.17. The monoisotopic (exact) mass is 383 g/mol. The van der Waals surface area contributed by atoms with Gasteiger partial charge in [-0.1, -0.05) is 35.0 Å². The number of benzene rings is 1. The number of aromatic nitrogens is 2. The first-order chi connectivity index (χ1) is 11.3. The van der Waals surface area contributed by atoms with E-state index in [-0.39, 0.29) is 5.54 Å². The first-order valence-electron chi connectivity index (χ1n) is 7.91. The number of nitrogens with zero attached hydrogens (tertiary/aromatic N) is 3. The van der Waals surface area contributed by atoms with E-state index in [0.717, 1.165) is 47.4 Å². The number of anilines is 1. The maximum Gasteiger partial charge on any atom is 0.147 e. The van der Waals surface area contributed by atoms with Gasteiger partial charge in [0.25, 0.3) is 0 Å². The number of piperidine rings is 1. The molecule has 1 aromatic heterocycles. The van der Waals surface area contributed by atoms with Gasteiger partial charge in [-0.3, -0.25) is 0 Å². The van der Waals surface area contributed by atoms with E-state index in [0.29, 0.717) is 10.0 Å². The van der Waals surface area contributed by atoms with Gasteiger partial charge in [0.1, 0.15) is 10.8 Å². The van der Waals surface area contributed by atoms with E-state index in [4.69, 9.17) is 28.2 Å². The molecule has 1 aromatic carbocycles. The molecule has 0 amide bonds. The Morgan fingerprint density at radius 1 is 1.21 bits per heavy atom. The van der Waals surface area contributed by atoms with E-state index in [1.54, 1.807) is 17.8 Å². The summed E-state index contributed by atoms with van der Waals surface area (Å²) in [5, 5.41) is 1.99. The summed E-state index contributed by atoms with van der Waals surface area (Å²) in [6.07, 6.45) is 4.01. The van der Waals surface area contributed by atoms with Crippen LogP contribution < -0.4 is 10.6 Å². The Hall–Kier alpha value is -1.01. The highest BCUT2D eigenvalue weighted by Crippen LogP contribution is 2.33. The van der Waals surface area contributed by atoms with Crippen LogP contribution in [0, 0.1) is 6.92 Å². The predicted molar refractivity (Wildman–Crippen MR) is 100 cm³/mol. The third-order valence-corrected chi connectivity index (χ3v) is 6.11. The van der Waals surface area contributed by atoms with Crippen molar-refractivity contribution in [2.75, 3.05) is 18.0 Å². The fourth-order valence-electron chi connectivity index (χ4n) is 2.64. The molecule has 0 atom stereocenters. The van der Waals surface area contributed by atoms with Crippen molar-refractivity contribution in [3.63, 3.8) is 0 Å². The van der Waals surface area contributed by atoms with Crippen LogP contribution in [0.1, 0.15) is 25.5 Å². The van der Waals surface area contributed by atoms with Crippen LogP contribution in [0.5, 0.6) is 0 Å². The first kappa shape index (κ1) is 17.8. The second-order valence-corrected chi connectivity index (χ2v) is 8.47. The summed E-state index contributed by atoms with van der Waals surface area (Å²) in [6, 6.07) is 5.59. The van der Waals surface area contributed by atoms with Crippen molar-refractivity contribution in [2.45, 2.75) is 42.1 Å².